The third kappa shape index (κ3) is 3.35. The van der Waals surface area contributed by atoms with Crippen LogP contribution in [0.1, 0.15) is 12.8 Å². The molecule has 0 aromatic heterocycles. The van der Waals surface area contributed by atoms with Crippen molar-refractivity contribution in [3.63, 3.8) is 0 Å². The standard InChI is InChI=1S/C9H14O2/c10-8-9-4-1-2-6-11-7-3-5-9/h3-5,10H,1-2,6-8H2/b5-3-,9-4+. The maximum Gasteiger partial charge on any atom is 0.0678 e. The van der Waals surface area contributed by atoms with Gasteiger partial charge in [-0.3, -0.25) is 0 Å². The zero-order valence-corrected chi connectivity index (χ0v) is 6.62. The Hall–Kier alpha value is -0.600. The molecule has 0 aliphatic carbocycles. The van der Waals surface area contributed by atoms with E-state index in [2.05, 4.69) is 6.08 Å². The number of aliphatic hydroxyl groups is 1. The van der Waals surface area contributed by atoms with Gasteiger partial charge in [-0.2, -0.15) is 0 Å². The third-order valence-electron chi connectivity index (χ3n) is 1.63. The molecule has 0 saturated carbocycles. The minimum absolute atomic E-state index is 0.135. The van der Waals surface area contributed by atoms with Crippen LogP contribution < -0.4 is 0 Å². The van der Waals surface area contributed by atoms with Crippen LogP contribution in [0.2, 0.25) is 0 Å². The van der Waals surface area contributed by atoms with Crippen molar-refractivity contribution in [2.75, 3.05) is 19.8 Å². The van der Waals surface area contributed by atoms with Gasteiger partial charge in [0, 0.05) is 6.61 Å². The number of aliphatic hydroxyl groups excluding tert-OH is 1. The van der Waals surface area contributed by atoms with E-state index in [0.717, 1.165) is 25.0 Å². The molecule has 1 aliphatic heterocycles. The van der Waals surface area contributed by atoms with Crippen molar-refractivity contribution in [3.8, 4) is 0 Å². The molecule has 0 spiro atoms. The summed E-state index contributed by atoms with van der Waals surface area (Å²) in [5.74, 6) is 0. The van der Waals surface area contributed by atoms with E-state index in [4.69, 9.17) is 9.84 Å². The fraction of sp³-hybridized carbons (Fsp3) is 0.556. The lowest BCUT2D eigenvalue weighted by Gasteiger charge is -1.95. The molecule has 2 nitrogen and oxygen atoms in total. The van der Waals surface area contributed by atoms with Crippen molar-refractivity contribution in [2.45, 2.75) is 12.8 Å². The second kappa shape index (κ2) is 5.10. The van der Waals surface area contributed by atoms with Gasteiger partial charge in [0.2, 0.25) is 0 Å². The number of allylic oxidation sites excluding steroid dienone is 1. The Morgan fingerprint density at radius 2 is 2.45 bits per heavy atom. The van der Waals surface area contributed by atoms with Crippen LogP contribution in [0.4, 0.5) is 0 Å². The van der Waals surface area contributed by atoms with Crippen molar-refractivity contribution in [1.29, 1.82) is 0 Å². The van der Waals surface area contributed by atoms with Crippen LogP contribution in [0.15, 0.2) is 23.8 Å². The normalized spacial score (nSPS) is 27.5. The molecule has 0 saturated heterocycles. The molecule has 1 aliphatic rings. The summed E-state index contributed by atoms with van der Waals surface area (Å²) in [5.41, 5.74) is 0.996. The predicted octanol–water partition coefficient (Wildman–Crippen LogP) is 1.27. The van der Waals surface area contributed by atoms with Crippen molar-refractivity contribution in [3.05, 3.63) is 23.8 Å². The van der Waals surface area contributed by atoms with Crippen LogP contribution in [0.25, 0.3) is 0 Å². The third-order valence-corrected chi connectivity index (χ3v) is 1.63. The average Bonchev–Trinajstić information content (AvgIpc) is 2.16. The minimum Gasteiger partial charge on any atom is -0.392 e. The maximum absolute atomic E-state index is 8.84. The molecule has 1 heterocycles. The zero-order valence-electron chi connectivity index (χ0n) is 6.62. The van der Waals surface area contributed by atoms with Gasteiger partial charge in [0.15, 0.2) is 0 Å². The monoisotopic (exact) mass is 154 g/mol. The van der Waals surface area contributed by atoms with E-state index < -0.39 is 0 Å². The van der Waals surface area contributed by atoms with Crippen LogP contribution in [-0.4, -0.2) is 24.9 Å². The Morgan fingerprint density at radius 1 is 1.55 bits per heavy atom. The Bertz CT molecular complexity index is 159. The highest BCUT2D eigenvalue weighted by molar-refractivity contribution is 5.19. The van der Waals surface area contributed by atoms with Gasteiger partial charge in [0.05, 0.1) is 13.2 Å². The summed E-state index contributed by atoms with van der Waals surface area (Å²) in [6.45, 7) is 1.62. The first kappa shape index (κ1) is 8.50. The Labute approximate surface area is 67.2 Å². The molecule has 0 bridgehead atoms. The zero-order chi connectivity index (χ0) is 7.94. The molecule has 0 radical (unpaired) electrons. The van der Waals surface area contributed by atoms with E-state index >= 15 is 0 Å². The van der Waals surface area contributed by atoms with E-state index in [-0.39, 0.29) is 6.61 Å². The molecule has 62 valence electrons. The summed E-state index contributed by atoms with van der Waals surface area (Å²) < 4.78 is 5.25. The van der Waals surface area contributed by atoms with Gasteiger partial charge in [0.1, 0.15) is 0 Å². The number of hydrogen-bond acceptors (Lipinski definition) is 2. The molecule has 0 aromatic carbocycles. The van der Waals surface area contributed by atoms with Gasteiger partial charge >= 0.3 is 0 Å². The van der Waals surface area contributed by atoms with Gasteiger partial charge in [-0.25, -0.2) is 0 Å². The van der Waals surface area contributed by atoms with Gasteiger partial charge in [-0.15, -0.1) is 0 Å². The van der Waals surface area contributed by atoms with Crippen molar-refractivity contribution >= 4 is 0 Å². The highest BCUT2D eigenvalue weighted by atomic mass is 16.5. The fourth-order valence-corrected chi connectivity index (χ4v) is 1.01. The van der Waals surface area contributed by atoms with E-state index in [0.29, 0.717) is 6.61 Å². The lowest BCUT2D eigenvalue weighted by Crippen LogP contribution is -1.91. The minimum atomic E-state index is 0.135. The van der Waals surface area contributed by atoms with E-state index in [1.807, 2.05) is 12.2 Å². The molecule has 2 heteroatoms. The Morgan fingerprint density at radius 3 is 3.27 bits per heavy atom. The molecule has 1 rings (SSSR count). The predicted molar refractivity (Wildman–Crippen MR) is 44.4 cm³/mol. The molecule has 0 unspecified atom stereocenters. The lowest BCUT2D eigenvalue weighted by molar-refractivity contribution is 0.160. The van der Waals surface area contributed by atoms with Gasteiger partial charge < -0.3 is 9.84 Å². The van der Waals surface area contributed by atoms with Gasteiger partial charge in [0.25, 0.3) is 0 Å². The molecule has 11 heavy (non-hydrogen) atoms. The van der Waals surface area contributed by atoms with Crippen molar-refractivity contribution < 1.29 is 9.84 Å². The summed E-state index contributed by atoms with van der Waals surface area (Å²) in [6.07, 6.45) is 7.97. The van der Waals surface area contributed by atoms with Crippen LogP contribution in [-0.2, 0) is 4.74 Å². The quantitative estimate of drug-likeness (QED) is 0.616. The second-order valence-electron chi connectivity index (χ2n) is 2.56. The topological polar surface area (TPSA) is 29.5 Å². The molecule has 0 aromatic rings. The highest BCUT2D eigenvalue weighted by Crippen LogP contribution is 2.03. The molecule has 1 N–H and O–H groups in total. The average molecular weight is 154 g/mol. The van der Waals surface area contributed by atoms with Crippen LogP contribution in [0, 0.1) is 0 Å². The summed E-state index contributed by atoms with van der Waals surface area (Å²) in [6, 6.07) is 0. The van der Waals surface area contributed by atoms with E-state index in [9.17, 15) is 0 Å². The first-order valence-corrected chi connectivity index (χ1v) is 3.97. The van der Waals surface area contributed by atoms with Crippen molar-refractivity contribution in [1.82, 2.24) is 0 Å². The first-order chi connectivity index (χ1) is 5.43. The van der Waals surface area contributed by atoms with Crippen LogP contribution in [0.5, 0.6) is 0 Å². The number of ether oxygens (including phenoxy) is 1. The van der Waals surface area contributed by atoms with Gasteiger partial charge in [-0.1, -0.05) is 18.2 Å². The summed E-state index contributed by atoms with van der Waals surface area (Å²) in [7, 11) is 0. The number of hydrogen-bond donors (Lipinski definition) is 1. The summed E-state index contributed by atoms with van der Waals surface area (Å²) >= 11 is 0. The largest absolute Gasteiger partial charge is 0.392 e. The van der Waals surface area contributed by atoms with Crippen LogP contribution in [0.3, 0.4) is 0 Å². The summed E-state index contributed by atoms with van der Waals surface area (Å²) in [5, 5.41) is 8.84. The first-order valence-electron chi connectivity index (χ1n) is 3.97. The van der Waals surface area contributed by atoms with Crippen molar-refractivity contribution in [2.24, 2.45) is 0 Å². The van der Waals surface area contributed by atoms with E-state index in [1.165, 1.54) is 0 Å². The second-order valence-corrected chi connectivity index (χ2v) is 2.56. The van der Waals surface area contributed by atoms with Crippen LogP contribution >= 0.6 is 0 Å². The molecule has 0 fully saturated rings. The highest BCUT2D eigenvalue weighted by Gasteiger charge is 1.93. The van der Waals surface area contributed by atoms with E-state index in [1.54, 1.807) is 0 Å². The Balaban J connectivity index is 2.48. The molecule has 0 amide bonds. The van der Waals surface area contributed by atoms with Gasteiger partial charge in [-0.05, 0) is 18.4 Å². The molecular weight excluding hydrogens is 140 g/mol. The number of rotatable bonds is 1. The smallest absolute Gasteiger partial charge is 0.0678 e. The maximum atomic E-state index is 8.84. The fourth-order valence-electron chi connectivity index (χ4n) is 1.01. The summed E-state index contributed by atoms with van der Waals surface area (Å²) in [4.78, 5) is 0. The Kier molecular flexibility index (Phi) is 3.94. The molecule has 0 atom stereocenters. The lowest BCUT2D eigenvalue weighted by atomic mass is 10.2. The SMILES string of the molecule is OCC1=C/CCCOC/C=C\1. The molecular formula is C9H14O2.